The van der Waals surface area contributed by atoms with Gasteiger partial charge in [0.15, 0.2) is 23.0 Å². The van der Waals surface area contributed by atoms with Crippen molar-refractivity contribution in [2.24, 2.45) is 0 Å². The third-order valence-corrected chi connectivity index (χ3v) is 3.31. The highest BCUT2D eigenvalue weighted by Gasteiger charge is 2.11. The summed E-state index contributed by atoms with van der Waals surface area (Å²) in [6.45, 7) is 0. The maximum atomic E-state index is 12.0. The Labute approximate surface area is 144 Å². The molecule has 0 fully saturated rings. The first-order chi connectivity index (χ1) is 11.9. The van der Waals surface area contributed by atoms with E-state index in [9.17, 15) is 19.8 Å². The molecular weight excluding hydrogens is 326 g/mol. The number of phenols is 2. The van der Waals surface area contributed by atoms with Crippen molar-refractivity contribution < 1.29 is 29.3 Å². The molecule has 0 saturated heterocycles. The fourth-order valence-corrected chi connectivity index (χ4v) is 2.01. The van der Waals surface area contributed by atoms with Crippen LogP contribution in [0, 0.1) is 0 Å². The van der Waals surface area contributed by atoms with Crippen LogP contribution < -0.4 is 14.8 Å². The summed E-state index contributed by atoms with van der Waals surface area (Å²) in [5, 5.41) is 21.2. The summed E-state index contributed by atoms with van der Waals surface area (Å²) >= 11 is 0. The largest absolute Gasteiger partial charge is 0.504 e. The molecule has 0 heterocycles. The van der Waals surface area contributed by atoms with Crippen LogP contribution in [0.4, 0.5) is 0 Å². The van der Waals surface area contributed by atoms with Gasteiger partial charge in [-0.05, 0) is 42.0 Å². The Morgan fingerprint density at radius 1 is 0.960 bits per heavy atom. The molecule has 0 bridgehead atoms. The Morgan fingerprint density at radius 2 is 1.56 bits per heavy atom. The number of benzene rings is 2. The molecular formula is C18H17NO6. The van der Waals surface area contributed by atoms with Gasteiger partial charge in [0.1, 0.15) is 0 Å². The van der Waals surface area contributed by atoms with Crippen LogP contribution in [0.1, 0.15) is 15.9 Å². The zero-order valence-electron chi connectivity index (χ0n) is 13.6. The lowest BCUT2D eigenvalue weighted by Gasteiger charge is -2.06. The van der Waals surface area contributed by atoms with Crippen molar-refractivity contribution >= 4 is 17.9 Å². The molecule has 0 aliphatic heterocycles. The normalized spacial score (nSPS) is 10.5. The van der Waals surface area contributed by atoms with Gasteiger partial charge >= 0.3 is 0 Å². The molecule has 0 aliphatic carbocycles. The van der Waals surface area contributed by atoms with Gasteiger partial charge in [0.05, 0.1) is 14.2 Å². The lowest BCUT2D eigenvalue weighted by atomic mass is 10.1. The van der Waals surface area contributed by atoms with Gasteiger partial charge in [0.25, 0.3) is 11.8 Å². The maximum Gasteiger partial charge on any atom is 0.258 e. The molecule has 0 radical (unpaired) electrons. The fourth-order valence-electron chi connectivity index (χ4n) is 2.01. The third-order valence-electron chi connectivity index (χ3n) is 3.31. The molecule has 3 N–H and O–H groups in total. The number of nitrogens with one attached hydrogen (secondary N) is 1. The van der Waals surface area contributed by atoms with Gasteiger partial charge in [-0.15, -0.1) is 0 Å². The van der Waals surface area contributed by atoms with Crippen molar-refractivity contribution in [1.29, 1.82) is 0 Å². The molecule has 0 aliphatic rings. The third kappa shape index (κ3) is 4.51. The Hall–Kier alpha value is -3.48. The molecule has 2 amide bonds. The Balaban J connectivity index is 2.05. The SMILES string of the molecule is COc1cc(C=CC(=O)NC(=O)c2ccc(O)c(OC)c2)ccc1O. The number of hydrogen-bond donors (Lipinski definition) is 3. The van der Waals surface area contributed by atoms with E-state index >= 15 is 0 Å². The van der Waals surface area contributed by atoms with Crippen LogP contribution in [0.3, 0.4) is 0 Å². The quantitative estimate of drug-likeness (QED) is 0.718. The van der Waals surface area contributed by atoms with E-state index in [1.54, 1.807) is 12.1 Å². The Kier molecular flexibility index (Phi) is 5.62. The number of methoxy groups -OCH3 is 2. The lowest BCUT2D eigenvalue weighted by molar-refractivity contribution is -0.115. The number of amides is 2. The standard InChI is InChI=1S/C18H17NO6/c1-24-15-9-11(3-6-13(15)20)4-8-17(22)19-18(23)12-5-7-14(21)16(10-12)25-2/h3-10,20-21H,1-2H3,(H,19,22,23). The molecule has 2 aromatic rings. The van der Waals surface area contributed by atoms with Gasteiger partial charge in [-0.1, -0.05) is 6.07 Å². The smallest absolute Gasteiger partial charge is 0.258 e. The topological polar surface area (TPSA) is 105 Å². The first-order valence-corrected chi connectivity index (χ1v) is 7.22. The second kappa shape index (κ2) is 7.87. The van der Waals surface area contributed by atoms with Gasteiger partial charge in [0.2, 0.25) is 0 Å². The predicted molar refractivity (Wildman–Crippen MR) is 90.8 cm³/mol. The van der Waals surface area contributed by atoms with Crippen molar-refractivity contribution in [3.63, 3.8) is 0 Å². The zero-order chi connectivity index (χ0) is 18.4. The van der Waals surface area contributed by atoms with Gasteiger partial charge in [-0.2, -0.15) is 0 Å². The maximum absolute atomic E-state index is 12.0. The first-order valence-electron chi connectivity index (χ1n) is 7.22. The highest BCUT2D eigenvalue weighted by molar-refractivity contribution is 6.09. The first kappa shape index (κ1) is 17.9. The minimum Gasteiger partial charge on any atom is -0.504 e. The minimum absolute atomic E-state index is 0.0134. The van der Waals surface area contributed by atoms with E-state index in [0.29, 0.717) is 5.56 Å². The molecule has 2 aromatic carbocycles. The molecule has 0 saturated carbocycles. The van der Waals surface area contributed by atoms with Gasteiger partial charge in [0, 0.05) is 11.6 Å². The predicted octanol–water partition coefficient (Wildman–Crippen LogP) is 2.08. The molecule has 7 heteroatoms. The summed E-state index contributed by atoms with van der Waals surface area (Å²) < 4.78 is 9.89. The van der Waals surface area contributed by atoms with Crippen LogP contribution in [0.15, 0.2) is 42.5 Å². The summed E-state index contributed by atoms with van der Waals surface area (Å²) in [7, 11) is 2.77. The van der Waals surface area contributed by atoms with Crippen LogP contribution in [-0.2, 0) is 4.79 Å². The van der Waals surface area contributed by atoms with Crippen LogP contribution in [0.25, 0.3) is 6.08 Å². The second-order valence-corrected chi connectivity index (χ2v) is 4.97. The van der Waals surface area contributed by atoms with Gasteiger partial charge in [-0.25, -0.2) is 0 Å². The molecule has 2 rings (SSSR count). The minimum atomic E-state index is -0.628. The number of phenolic OH excluding ortho intramolecular Hbond substituents is 2. The second-order valence-electron chi connectivity index (χ2n) is 4.97. The van der Waals surface area contributed by atoms with Crippen LogP contribution in [-0.4, -0.2) is 36.2 Å². The van der Waals surface area contributed by atoms with Gasteiger partial charge in [-0.3, -0.25) is 14.9 Å². The highest BCUT2D eigenvalue weighted by Crippen LogP contribution is 2.27. The number of imide groups is 1. The number of ether oxygens (including phenoxy) is 2. The monoisotopic (exact) mass is 343 g/mol. The lowest BCUT2D eigenvalue weighted by Crippen LogP contribution is -2.28. The van der Waals surface area contributed by atoms with E-state index in [1.807, 2.05) is 0 Å². The van der Waals surface area contributed by atoms with E-state index in [0.717, 1.165) is 0 Å². The number of rotatable bonds is 5. The average Bonchev–Trinajstić information content (AvgIpc) is 2.61. The summed E-state index contributed by atoms with van der Waals surface area (Å²) in [6, 6.07) is 8.57. The molecule has 130 valence electrons. The number of carbonyl (C=O) groups excluding carboxylic acids is 2. The van der Waals surface area contributed by atoms with Crippen LogP contribution >= 0.6 is 0 Å². The van der Waals surface area contributed by atoms with E-state index in [1.165, 1.54) is 50.6 Å². The van der Waals surface area contributed by atoms with Crippen molar-refractivity contribution in [3.05, 3.63) is 53.6 Å². The van der Waals surface area contributed by atoms with Crippen LogP contribution in [0.2, 0.25) is 0 Å². The summed E-state index contributed by atoms with van der Waals surface area (Å²) in [5.41, 5.74) is 0.784. The number of aromatic hydroxyl groups is 2. The number of hydrogen-bond acceptors (Lipinski definition) is 6. The summed E-state index contributed by atoms with van der Waals surface area (Å²) in [6.07, 6.45) is 2.66. The van der Waals surface area contributed by atoms with E-state index in [4.69, 9.17) is 9.47 Å². The molecule has 0 aromatic heterocycles. The molecule has 25 heavy (non-hydrogen) atoms. The Bertz CT molecular complexity index is 828. The van der Waals surface area contributed by atoms with Crippen molar-refractivity contribution in [2.75, 3.05) is 14.2 Å². The van der Waals surface area contributed by atoms with E-state index < -0.39 is 11.8 Å². The molecule has 0 atom stereocenters. The summed E-state index contributed by atoms with van der Waals surface area (Å²) in [4.78, 5) is 23.9. The van der Waals surface area contributed by atoms with Crippen molar-refractivity contribution in [1.82, 2.24) is 5.32 Å². The van der Waals surface area contributed by atoms with Crippen molar-refractivity contribution in [3.8, 4) is 23.0 Å². The zero-order valence-corrected chi connectivity index (χ0v) is 13.6. The van der Waals surface area contributed by atoms with Crippen molar-refractivity contribution in [2.45, 2.75) is 0 Å². The van der Waals surface area contributed by atoms with E-state index in [2.05, 4.69) is 5.32 Å². The van der Waals surface area contributed by atoms with E-state index in [-0.39, 0.29) is 28.6 Å². The highest BCUT2D eigenvalue weighted by atomic mass is 16.5. The number of carbonyl (C=O) groups is 2. The average molecular weight is 343 g/mol. The summed E-state index contributed by atoms with van der Waals surface area (Å²) in [5.74, 6) is -0.964. The Morgan fingerprint density at radius 3 is 2.20 bits per heavy atom. The fraction of sp³-hybridized carbons (Fsp3) is 0.111. The van der Waals surface area contributed by atoms with Gasteiger partial charge < -0.3 is 19.7 Å². The molecule has 0 spiro atoms. The van der Waals surface area contributed by atoms with Crippen LogP contribution in [0.5, 0.6) is 23.0 Å². The molecule has 0 unspecified atom stereocenters. The molecule has 7 nitrogen and oxygen atoms in total.